The number of nitrogens with two attached hydrogens (primary N) is 1. The van der Waals surface area contributed by atoms with Gasteiger partial charge in [0.25, 0.3) is 0 Å². The molecule has 0 saturated carbocycles. The van der Waals surface area contributed by atoms with Gasteiger partial charge in [-0.3, -0.25) is 4.79 Å². The molecule has 1 heterocycles. The number of aliphatic carboxylic acids is 1. The van der Waals surface area contributed by atoms with Crippen LogP contribution in [0.1, 0.15) is 24.4 Å². The molecule has 0 aliphatic carbocycles. The average molecular weight is 260 g/mol. The van der Waals surface area contributed by atoms with Crippen LogP contribution in [0, 0.1) is 0 Å². The molecule has 100 valence electrons. The van der Waals surface area contributed by atoms with Gasteiger partial charge in [-0.15, -0.1) is 0 Å². The first-order valence-corrected chi connectivity index (χ1v) is 6.02. The standard InChI is InChI=1S/C14H16N2O3/c1-19-14-11-3-2-10(8-9(11)6-7-16-14)12(15)4-5-13(17)18/h2-3,6-8,12H,4-5,15H2,1H3,(H,17,18). The quantitative estimate of drug-likeness (QED) is 0.860. The van der Waals surface area contributed by atoms with E-state index in [9.17, 15) is 4.79 Å². The second-order valence-electron chi connectivity index (χ2n) is 4.34. The van der Waals surface area contributed by atoms with Crippen LogP contribution in [0.3, 0.4) is 0 Å². The van der Waals surface area contributed by atoms with E-state index in [0.29, 0.717) is 12.3 Å². The van der Waals surface area contributed by atoms with Gasteiger partial charge in [0.1, 0.15) is 0 Å². The Morgan fingerprint density at radius 1 is 1.47 bits per heavy atom. The summed E-state index contributed by atoms with van der Waals surface area (Å²) in [4.78, 5) is 14.7. The van der Waals surface area contributed by atoms with Crippen LogP contribution in [0.25, 0.3) is 10.8 Å². The second-order valence-corrected chi connectivity index (χ2v) is 4.34. The molecule has 2 aromatic rings. The molecule has 0 saturated heterocycles. The van der Waals surface area contributed by atoms with Crippen LogP contribution in [0.5, 0.6) is 5.88 Å². The van der Waals surface area contributed by atoms with Gasteiger partial charge in [-0.2, -0.15) is 0 Å². The van der Waals surface area contributed by atoms with Crippen molar-refractivity contribution in [3.63, 3.8) is 0 Å². The number of carboxylic acid groups (broad SMARTS) is 1. The van der Waals surface area contributed by atoms with Crippen LogP contribution in [0.15, 0.2) is 30.5 Å². The third-order valence-corrected chi connectivity index (χ3v) is 3.04. The molecule has 1 atom stereocenters. The fraction of sp³-hybridized carbons (Fsp3) is 0.286. The summed E-state index contributed by atoms with van der Waals surface area (Å²) in [6.45, 7) is 0. The van der Waals surface area contributed by atoms with Crippen molar-refractivity contribution in [2.24, 2.45) is 5.73 Å². The summed E-state index contributed by atoms with van der Waals surface area (Å²) in [6, 6.07) is 7.34. The first kappa shape index (κ1) is 13.3. The number of nitrogens with zero attached hydrogens (tertiary/aromatic N) is 1. The fourth-order valence-corrected chi connectivity index (χ4v) is 2.01. The van der Waals surface area contributed by atoms with E-state index < -0.39 is 5.97 Å². The maximum atomic E-state index is 10.6. The van der Waals surface area contributed by atoms with Crippen molar-refractivity contribution < 1.29 is 14.6 Å². The Labute approximate surface area is 111 Å². The molecule has 0 fully saturated rings. The number of pyridine rings is 1. The third-order valence-electron chi connectivity index (χ3n) is 3.04. The van der Waals surface area contributed by atoms with E-state index in [1.165, 1.54) is 0 Å². The van der Waals surface area contributed by atoms with Crippen LogP contribution in [0.4, 0.5) is 0 Å². The summed E-state index contributed by atoms with van der Waals surface area (Å²) in [5.74, 6) is -0.259. The molecule has 0 amide bonds. The molecule has 0 bridgehead atoms. The predicted molar refractivity (Wildman–Crippen MR) is 72.1 cm³/mol. The van der Waals surface area contributed by atoms with Gasteiger partial charge < -0.3 is 15.6 Å². The Balaban J connectivity index is 2.29. The van der Waals surface area contributed by atoms with Crippen LogP contribution >= 0.6 is 0 Å². The van der Waals surface area contributed by atoms with Crippen molar-refractivity contribution in [2.45, 2.75) is 18.9 Å². The smallest absolute Gasteiger partial charge is 0.303 e. The van der Waals surface area contributed by atoms with Gasteiger partial charge in [-0.25, -0.2) is 4.98 Å². The Morgan fingerprint density at radius 2 is 2.26 bits per heavy atom. The van der Waals surface area contributed by atoms with Gasteiger partial charge in [0, 0.05) is 24.0 Å². The molecule has 5 heteroatoms. The lowest BCUT2D eigenvalue weighted by Crippen LogP contribution is -2.12. The summed E-state index contributed by atoms with van der Waals surface area (Å²) < 4.78 is 5.19. The highest BCUT2D eigenvalue weighted by atomic mass is 16.5. The van der Waals surface area contributed by atoms with E-state index in [2.05, 4.69) is 4.98 Å². The normalized spacial score (nSPS) is 12.3. The zero-order valence-electron chi connectivity index (χ0n) is 10.7. The molecule has 0 aliphatic rings. The van der Waals surface area contributed by atoms with E-state index in [1.807, 2.05) is 24.3 Å². The molecule has 3 N–H and O–H groups in total. The zero-order valence-corrected chi connectivity index (χ0v) is 10.7. The highest BCUT2D eigenvalue weighted by molar-refractivity contribution is 5.87. The van der Waals surface area contributed by atoms with Crippen LogP contribution in [-0.2, 0) is 4.79 Å². The van der Waals surface area contributed by atoms with E-state index in [4.69, 9.17) is 15.6 Å². The lowest BCUT2D eigenvalue weighted by Gasteiger charge is -2.12. The first-order valence-electron chi connectivity index (χ1n) is 6.02. The minimum absolute atomic E-state index is 0.0683. The minimum atomic E-state index is -0.831. The maximum absolute atomic E-state index is 10.6. The third kappa shape index (κ3) is 3.00. The van der Waals surface area contributed by atoms with Crippen LogP contribution in [-0.4, -0.2) is 23.2 Å². The first-order chi connectivity index (χ1) is 9.11. The molecule has 19 heavy (non-hydrogen) atoms. The maximum Gasteiger partial charge on any atom is 0.303 e. The predicted octanol–water partition coefficient (Wildman–Crippen LogP) is 2.11. The van der Waals surface area contributed by atoms with E-state index >= 15 is 0 Å². The molecule has 0 spiro atoms. The second kappa shape index (κ2) is 5.67. The SMILES string of the molecule is COc1nccc2cc(C(N)CCC(=O)O)ccc12. The summed E-state index contributed by atoms with van der Waals surface area (Å²) in [6.07, 6.45) is 2.16. The number of carboxylic acids is 1. The minimum Gasteiger partial charge on any atom is -0.481 e. The molecule has 2 rings (SSSR count). The van der Waals surface area contributed by atoms with Crippen molar-refractivity contribution >= 4 is 16.7 Å². The van der Waals surface area contributed by atoms with E-state index in [1.54, 1.807) is 13.3 Å². The van der Waals surface area contributed by atoms with Gasteiger partial charge in [0.15, 0.2) is 0 Å². The number of rotatable bonds is 5. The molecular weight excluding hydrogens is 244 g/mol. The molecule has 0 radical (unpaired) electrons. The Morgan fingerprint density at radius 3 is 2.95 bits per heavy atom. The lowest BCUT2D eigenvalue weighted by atomic mass is 10.00. The molecule has 1 aromatic carbocycles. The summed E-state index contributed by atoms with van der Waals surface area (Å²) >= 11 is 0. The van der Waals surface area contributed by atoms with Gasteiger partial charge >= 0.3 is 5.97 Å². The number of fused-ring (bicyclic) bond motifs is 1. The highest BCUT2D eigenvalue weighted by Gasteiger charge is 2.10. The number of methoxy groups -OCH3 is 1. The van der Waals surface area contributed by atoms with Gasteiger partial charge in [-0.05, 0) is 35.6 Å². The Bertz CT molecular complexity index is 598. The van der Waals surface area contributed by atoms with Crippen LogP contribution < -0.4 is 10.5 Å². The Hall–Kier alpha value is -2.14. The molecule has 5 nitrogen and oxygen atoms in total. The zero-order chi connectivity index (χ0) is 13.8. The number of hydrogen-bond acceptors (Lipinski definition) is 4. The molecule has 1 unspecified atom stereocenters. The number of ether oxygens (including phenoxy) is 1. The van der Waals surface area contributed by atoms with Gasteiger partial charge in [0.2, 0.25) is 5.88 Å². The fourth-order valence-electron chi connectivity index (χ4n) is 2.01. The number of hydrogen-bond donors (Lipinski definition) is 2. The lowest BCUT2D eigenvalue weighted by molar-refractivity contribution is -0.137. The largest absolute Gasteiger partial charge is 0.481 e. The Kier molecular flexibility index (Phi) is 3.97. The summed E-state index contributed by atoms with van der Waals surface area (Å²) in [5, 5.41) is 10.6. The number of carbonyl (C=O) groups is 1. The number of benzene rings is 1. The number of aromatic nitrogens is 1. The van der Waals surface area contributed by atoms with Crippen molar-refractivity contribution in [3.05, 3.63) is 36.0 Å². The summed E-state index contributed by atoms with van der Waals surface area (Å²) in [7, 11) is 1.58. The van der Waals surface area contributed by atoms with Gasteiger partial charge in [-0.1, -0.05) is 6.07 Å². The summed E-state index contributed by atoms with van der Waals surface area (Å²) in [5.41, 5.74) is 6.91. The van der Waals surface area contributed by atoms with Crippen molar-refractivity contribution in [1.82, 2.24) is 4.98 Å². The van der Waals surface area contributed by atoms with Crippen molar-refractivity contribution in [3.8, 4) is 5.88 Å². The average Bonchev–Trinajstić information content (AvgIpc) is 2.43. The van der Waals surface area contributed by atoms with Crippen LogP contribution in [0.2, 0.25) is 0 Å². The molecule has 1 aromatic heterocycles. The molecule has 0 aliphatic heterocycles. The van der Waals surface area contributed by atoms with Crippen molar-refractivity contribution in [1.29, 1.82) is 0 Å². The molecular formula is C14H16N2O3. The topological polar surface area (TPSA) is 85.4 Å². The van der Waals surface area contributed by atoms with Crippen molar-refractivity contribution in [2.75, 3.05) is 7.11 Å². The van der Waals surface area contributed by atoms with E-state index in [0.717, 1.165) is 16.3 Å². The van der Waals surface area contributed by atoms with E-state index in [-0.39, 0.29) is 12.5 Å². The monoisotopic (exact) mass is 260 g/mol. The van der Waals surface area contributed by atoms with Gasteiger partial charge in [0.05, 0.1) is 7.11 Å². The highest BCUT2D eigenvalue weighted by Crippen LogP contribution is 2.26.